The van der Waals surface area contributed by atoms with E-state index in [1.54, 1.807) is 13.3 Å². The summed E-state index contributed by atoms with van der Waals surface area (Å²) in [6.07, 6.45) is 5.76. The van der Waals surface area contributed by atoms with Gasteiger partial charge in [0.1, 0.15) is 5.75 Å². The van der Waals surface area contributed by atoms with Gasteiger partial charge >= 0.3 is 0 Å². The SMILES string of the molecule is COc1ccccc1C1(C(=O)N2CCC[C@@H](c3ccn[nH]3)C2)CC1. The van der Waals surface area contributed by atoms with Crippen LogP contribution in [0.3, 0.4) is 0 Å². The van der Waals surface area contributed by atoms with E-state index in [0.717, 1.165) is 55.8 Å². The highest BCUT2D eigenvalue weighted by molar-refractivity contribution is 5.92. The van der Waals surface area contributed by atoms with Crippen molar-refractivity contribution < 1.29 is 9.53 Å². The smallest absolute Gasteiger partial charge is 0.233 e. The van der Waals surface area contributed by atoms with E-state index in [4.69, 9.17) is 4.74 Å². The lowest BCUT2D eigenvalue weighted by Crippen LogP contribution is -2.44. The van der Waals surface area contributed by atoms with Crippen molar-refractivity contribution >= 4 is 5.91 Å². The van der Waals surface area contributed by atoms with Gasteiger partial charge in [0.2, 0.25) is 5.91 Å². The Kier molecular flexibility index (Phi) is 3.79. The van der Waals surface area contributed by atoms with Gasteiger partial charge in [0.15, 0.2) is 0 Å². The molecule has 0 unspecified atom stereocenters. The molecule has 1 amide bonds. The van der Waals surface area contributed by atoms with Gasteiger partial charge in [0.25, 0.3) is 0 Å². The minimum absolute atomic E-state index is 0.260. The molecule has 2 aliphatic rings. The summed E-state index contributed by atoms with van der Waals surface area (Å²) in [5.41, 5.74) is 1.80. The van der Waals surface area contributed by atoms with Gasteiger partial charge < -0.3 is 9.64 Å². The second-order valence-corrected chi connectivity index (χ2v) is 6.88. The topological polar surface area (TPSA) is 58.2 Å². The summed E-state index contributed by atoms with van der Waals surface area (Å²) in [7, 11) is 1.68. The molecule has 0 bridgehead atoms. The van der Waals surface area contributed by atoms with E-state index < -0.39 is 0 Å². The van der Waals surface area contributed by atoms with E-state index in [-0.39, 0.29) is 11.3 Å². The molecular weight excluding hydrogens is 302 g/mol. The van der Waals surface area contributed by atoms with E-state index in [9.17, 15) is 4.79 Å². The number of hydrogen-bond acceptors (Lipinski definition) is 3. The van der Waals surface area contributed by atoms with Crippen LogP contribution < -0.4 is 4.74 Å². The van der Waals surface area contributed by atoms with Crippen molar-refractivity contribution in [1.29, 1.82) is 0 Å². The van der Waals surface area contributed by atoms with Crippen molar-refractivity contribution in [2.75, 3.05) is 20.2 Å². The Morgan fingerprint density at radius 3 is 2.88 bits per heavy atom. The number of amides is 1. The van der Waals surface area contributed by atoms with Crippen LogP contribution >= 0.6 is 0 Å². The summed E-state index contributed by atoms with van der Waals surface area (Å²) in [5.74, 6) is 1.44. The van der Waals surface area contributed by atoms with Gasteiger partial charge in [-0.1, -0.05) is 18.2 Å². The molecule has 5 nitrogen and oxygen atoms in total. The van der Waals surface area contributed by atoms with Crippen LogP contribution in [0.15, 0.2) is 36.5 Å². The molecule has 4 rings (SSSR count). The van der Waals surface area contributed by atoms with Crippen LogP contribution in [0.25, 0.3) is 0 Å². The highest BCUT2D eigenvalue weighted by Crippen LogP contribution is 2.53. The maximum Gasteiger partial charge on any atom is 0.233 e. The Labute approximate surface area is 142 Å². The third kappa shape index (κ3) is 2.48. The van der Waals surface area contributed by atoms with E-state index in [1.165, 1.54) is 0 Å². The lowest BCUT2D eigenvalue weighted by Gasteiger charge is -2.35. The van der Waals surface area contributed by atoms with Gasteiger partial charge in [-0.2, -0.15) is 5.10 Å². The summed E-state index contributed by atoms with van der Waals surface area (Å²) in [5, 5.41) is 7.12. The number of methoxy groups -OCH3 is 1. The Balaban J connectivity index is 1.57. The monoisotopic (exact) mass is 325 g/mol. The van der Waals surface area contributed by atoms with E-state index in [1.807, 2.05) is 30.3 Å². The number of likely N-dealkylation sites (tertiary alicyclic amines) is 1. The molecule has 5 heteroatoms. The molecule has 1 aliphatic carbocycles. The van der Waals surface area contributed by atoms with Gasteiger partial charge in [0.05, 0.1) is 12.5 Å². The summed E-state index contributed by atoms with van der Waals surface area (Å²) < 4.78 is 5.51. The number of benzene rings is 1. The molecule has 0 spiro atoms. The molecule has 24 heavy (non-hydrogen) atoms. The maximum atomic E-state index is 13.3. The first-order valence-corrected chi connectivity index (χ1v) is 8.67. The minimum atomic E-state index is -0.373. The second-order valence-electron chi connectivity index (χ2n) is 6.88. The molecule has 1 aliphatic heterocycles. The van der Waals surface area contributed by atoms with Crippen LogP contribution in [0, 0.1) is 0 Å². The molecule has 0 radical (unpaired) electrons. The van der Waals surface area contributed by atoms with Gasteiger partial charge in [0, 0.05) is 36.5 Å². The van der Waals surface area contributed by atoms with Gasteiger partial charge in [-0.15, -0.1) is 0 Å². The van der Waals surface area contributed by atoms with Crippen molar-refractivity contribution in [1.82, 2.24) is 15.1 Å². The third-order valence-electron chi connectivity index (χ3n) is 5.45. The quantitative estimate of drug-likeness (QED) is 0.940. The molecule has 1 aromatic heterocycles. The average Bonchev–Trinajstić information content (AvgIpc) is 3.26. The highest BCUT2D eigenvalue weighted by atomic mass is 16.5. The number of piperidine rings is 1. The first-order chi connectivity index (χ1) is 11.7. The standard InChI is InChI=1S/C19H23N3O2/c1-24-17-7-3-2-6-15(17)19(9-10-19)18(23)22-12-4-5-14(13-22)16-8-11-20-21-16/h2-3,6-8,11,14H,4-5,9-10,12-13H2,1H3,(H,20,21)/t14-/m1/s1. The predicted octanol–water partition coefficient (Wildman–Crippen LogP) is 2.86. The fraction of sp³-hybridized carbons (Fsp3) is 0.474. The molecule has 1 atom stereocenters. The van der Waals surface area contributed by atoms with Crippen LogP contribution in [0.5, 0.6) is 5.75 Å². The number of carbonyl (C=O) groups is 1. The fourth-order valence-electron chi connectivity index (χ4n) is 3.98. The number of H-pyrrole nitrogens is 1. The van der Waals surface area contributed by atoms with E-state index in [0.29, 0.717) is 5.92 Å². The maximum absolute atomic E-state index is 13.3. The summed E-state index contributed by atoms with van der Waals surface area (Å²) in [4.78, 5) is 15.4. The van der Waals surface area contributed by atoms with E-state index >= 15 is 0 Å². The zero-order valence-corrected chi connectivity index (χ0v) is 14.0. The number of nitrogens with zero attached hydrogens (tertiary/aromatic N) is 2. The van der Waals surface area contributed by atoms with Crippen LogP contribution in [0.1, 0.15) is 42.9 Å². The van der Waals surface area contributed by atoms with Crippen LogP contribution in [-0.4, -0.2) is 41.2 Å². The zero-order chi connectivity index (χ0) is 16.6. The summed E-state index contributed by atoms with van der Waals surface area (Å²) >= 11 is 0. The first-order valence-electron chi connectivity index (χ1n) is 8.67. The lowest BCUT2D eigenvalue weighted by molar-refractivity contribution is -0.135. The van der Waals surface area contributed by atoms with Crippen molar-refractivity contribution in [3.63, 3.8) is 0 Å². The Morgan fingerprint density at radius 1 is 1.33 bits per heavy atom. The number of hydrogen-bond donors (Lipinski definition) is 1. The average molecular weight is 325 g/mol. The van der Waals surface area contributed by atoms with Gasteiger partial charge in [-0.05, 0) is 37.8 Å². The Hall–Kier alpha value is -2.30. The molecule has 2 heterocycles. The van der Waals surface area contributed by atoms with Gasteiger partial charge in [-0.3, -0.25) is 9.89 Å². The molecule has 1 aromatic carbocycles. The Bertz CT molecular complexity index is 722. The van der Waals surface area contributed by atoms with E-state index in [2.05, 4.69) is 15.1 Å². The van der Waals surface area contributed by atoms with Crippen LogP contribution in [0.4, 0.5) is 0 Å². The fourth-order valence-corrected chi connectivity index (χ4v) is 3.98. The van der Waals surface area contributed by atoms with Crippen molar-refractivity contribution in [2.45, 2.75) is 37.0 Å². The lowest BCUT2D eigenvalue weighted by atomic mass is 9.90. The first kappa shape index (κ1) is 15.2. The van der Waals surface area contributed by atoms with Crippen LogP contribution in [-0.2, 0) is 10.2 Å². The number of ether oxygens (including phenoxy) is 1. The van der Waals surface area contributed by atoms with Crippen molar-refractivity contribution in [2.24, 2.45) is 0 Å². The summed E-state index contributed by atoms with van der Waals surface area (Å²) in [6, 6.07) is 9.96. The minimum Gasteiger partial charge on any atom is -0.496 e. The number of aromatic nitrogens is 2. The number of nitrogens with one attached hydrogen (secondary N) is 1. The molecule has 2 fully saturated rings. The van der Waals surface area contributed by atoms with Crippen LogP contribution in [0.2, 0.25) is 0 Å². The highest BCUT2D eigenvalue weighted by Gasteiger charge is 2.54. The second kappa shape index (κ2) is 5.96. The molecule has 1 saturated carbocycles. The summed E-state index contributed by atoms with van der Waals surface area (Å²) in [6.45, 7) is 1.62. The third-order valence-corrected chi connectivity index (χ3v) is 5.45. The number of rotatable bonds is 4. The molecule has 1 saturated heterocycles. The molecular formula is C19H23N3O2. The number of para-hydroxylation sites is 1. The zero-order valence-electron chi connectivity index (χ0n) is 14.0. The molecule has 1 N–H and O–H groups in total. The largest absolute Gasteiger partial charge is 0.496 e. The molecule has 126 valence electrons. The normalized spacial score (nSPS) is 22.2. The number of carbonyl (C=O) groups excluding carboxylic acids is 1. The number of aromatic amines is 1. The van der Waals surface area contributed by atoms with Gasteiger partial charge in [-0.25, -0.2) is 0 Å². The van der Waals surface area contributed by atoms with Crippen molar-refractivity contribution in [3.8, 4) is 5.75 Å². The Morgan fingerprint density at radius 2 is 2.17 bits per heavy atom. The van der Waals surface area contributed by atoms with Crippen molar-refractivity contribution in [3.05, 3.63) is 47.8 Å². The molecule has 2 aromatic rings. The predicted molar refractivity (Wildman–Crippen MR) is 91.0 cm³/mol.